The van der Waals surface area contributed by atoms with Crippen LogP contribution in [-0.4, -0.2) is 31.4 Å². The third-order valence-corrected chi connectivity index (χ3v) is 2.41. The number of hydrogen-bond acceptors (Lipinski definition) is 5. The number of carboxylic acids is 1. The molecule has 7 heteroatoms. The van der Waals surface area contributed by atoms with Crippen LogP contribution in [0, 0.1) is 0 Å². The van der Waals surface area contributed by atoms with Gasteiger partial charge in [-0.1, -0.05) is 5.16 Å². The van der Waals surface area contributed by atoms with Crippen molar-refractivity contribution in [2.45, 2.75) is 0 Å². The molecule has 2 aromatic rings. The Labute approximate surface area is 81.7 Å². The summed E-state index contributed by atoms with van der Waals surface area (Å²) in [6, 6.07) is 0. The zero-order valence-corrected chi connectivity index (χ0v) is 7.60. The van der Waals surface area contributed by atoms with E-state index in [2.05, 4.69) is 10.1 Å². The lowest BCUT2D eigenvalue weighted by Gasteiger charge is -1.90. The van der Waals surface area contributed by atoms with E-state index < -0.39 is 11.7 Å². The predicted octanol–water partition coefficient (Wildman–Crippen LogP) is 0.659. The molecular formula is C7H5N3O3S. The summed E-state index contributed by atoms with van der Waals surface area (Å²) in [5.74, 6) is -1.31. The molecule has 0 aromatic carbocycles. The molecule has 2 heterocycles. The molecule has 0 aliphatic rings. The lowest BCUT2D eigenvalue weighted by atomic mass is 10.3. The highest BCUT2D eigenvalue weighted by molar-refractivity contribution is 7.15. The number of aromatic nitrogens is 2. The Balaban J connectivity index is 2.53. The summed E-state index contributed by atoms with van der Waals surface area (Å²) in [6.45, 7) is 0. The molecule has 0 bridgehead atoms. The van der Waals surface area contributed by atoms with E-state index in [0.29, 0.717) is 4.96 Å². The van der Waals surface area contributed by atoms with Crippen molar-refractivity contribution >= 4 is 28.0 Å². The van der Waals surface area contributed by atoms with Crippen molar-refractivity contribution in [3.05, 3.63) is 23.5 Å². The molecule has 2 rings (SSSR count). The lowest BCUT2D eigenvalue weighted by molar-refractivity contribution is -0.129. The fourth-order valence-electron chi connectivity index (χ4n) is 1.05. The monoisotopic (exact) mass is 211 g/mol. The number of thiazole rings is 1. The van der Waals surface area contributed by atoms with Crippen LogP contribution in [0.5, 0.6) is 0 Å². The van der Waals surface area contributed by atoms with Crippen LogP contribution >= 0.6 is 11.3 Å². The van der Waals surface area contributed by atoms with Gasteiger partial charge in [0.1, 0.15) is 5.69 Å². The van der Waals surface area contributed by atoms with Crippen molar-refractivity contribution in [2.75, 3.05) is 0 Å². The van der Waals surface area contributed by atoms with Crippen LogP contribution in [0.1, 0.15) is 5.69 Å². The Hall–Kier alpha value is -1.89. The second-order valence-electron chi connectivity index (χ2n) is 2.47. The number of fused-ring (bicyclic) bond motifs is 1. The number of hydrogen-bond donors (Lipinski definition) is 2. The van der Waals surface area contributed by atoms with Crippen molar-refractivity contribution in [2.24, 2.45) is 5.16 Å². The molecule has 0 aliphatic carbocycles. The van der Waals surface area contributed by atoms with Crippen LogP contribution in [0.3, 0.4) is 0 Å². The standard InChI is InChI=1S/C7H5N3O3S/c11-6(12)5(9-13)4-3-10-1-2-14-7(10)8-4/h1-3,13H,(H,11,12)/b9-5-. The Bertz CT molecular complexity index is 484. The van der Waals surface area contributed by atoms with Gasteiger partial charge in [-0.25, -0.2) is 9.78 Å². The number of imidazole rings is 1. The highest BCUT2D eigenvalue weighted by Gasteiger charge is 2.17. The van der Waals surface area contributed by atoms with Crippen LogP contribution in [0.15, 0.2) is 22.9 Å². The summed E-state index contributed by atoms with van der Waals surface area (Å²) in [6.07, 6.45) is 3.24. The van der Waals surface area contributed by atoms with E-state index in [-0.39, 0.29) is 5.69 Å². The molecule has 0 spiro atoms. The van der Waals surface area contributed by atoms with Crippen molar-refractivity contribution < 1.29 is 15.1 Å². The van der Waals surface area contributed by atoms with Gasteiger partial charge in [-0.05, 0) is 0 Å². The van der Waals surface area contributed by atoms with Gasteiger partial charge in [-0.15, -0.1) is 11.3 Å². The maximum atomic E-state index is 10.6. The second kappa shape index (κ2) is 3.11. The maximum absolute atomic E-state index is 10.6. The zero-order chi connectivity index (χ0) is 10.1. The average molecular weight is 211 g/mol. The minimum absolute atomic E-state index is 0.145. The molecule has 2 N–H and O–H groups in total. The van der Waals surface area contributed by atoms with Gasteiger partial charge in [-0.3, -0.25) is 4.40 Å². The molecule has 0 saturated carbocycles. The van der Waals surface area contributed by atoms with Crippen LogP contribution in [-0.2, 0) is 4.79 Å². The smallest absolute Gasteiger partial charge is 0.360 e. The summed E-state index contributed by atoms with van der Waals surface area (Å²) in [4.78, 5) is 15.2. The fraction of sp³-hybridized carbons (Fsp3) is 0. The number of nitrogens with zero attached hydrogens (tertiary/aromatic N) is 3. The highest BCUT2D eigenvalue weighted by Crippen LogP contribution is 2.11. The summed E-state index contributed by atoms with van der Waals surface area (Å²) < 4.78 is 1.66. The van der Waals surface area contributed by atoms with Crippen molar-refractivity contribution in [1.82, 2.24) is 9.38 Å². The molecule has 0 unspecified atom stereocenters. The van der Waals surface area contributed by atoms with Gasteiger partial charge in [-0.2, -0.15) is 0 Å². The molecule has 14 heavy (non-hydrogen) atoms. The van der Waals surface area contributed by atoms with E-state index in [1.807, 2.05) is 5.38 Å². The Morgan fingerprint density at radius 3 is 3.00 bits per heavy atom. The first-order valence-electron chi connectivity index (χ1n) is 3.60. The molecule has 72 valence electrons. The largest absolute Gasteiger partial charge is 0.476 e. The molecule has 0 amide bonds. The van der Waals surface area contributed by atoms with E-state index in [4.69, 9.17) is 10.3 Å². The maximum Gasteiger partial charge on any atom is 0.360 e. The normalized spacial score (nSPS) is 12.1. The Morgan fingerprint density at radius 2 is 2.43 bits per heavy atom. The van der Waals surface area contributed by atoms with Gasteiger partial charge < -0.3 is 10.3 Å². The fourth-order valence-corrected chi connectivity index (χ4v) is 1.75. The highest BCUT2D eigenvalue weighted by atomic mass is 32.1. The van der Waals surface area contributed by atoms with E-state index in [0.717, 1.165) is 0 Å². The third kappa shape index (κ3) is 1.23. The van der Waals surface area contributed by atoms with Gasteiger partial charge in [0.15, 0.2) is 4.96 Å². The van der Waals surface area contributed by atoms with Crippen molar-refractivity contribution in [3.8, 4) is 0 Å². The van der Waals surface area contributed by atoms with Crippen LogP contribution in [0.25, 0.3) is 4.96 Å². The van der Waals surface area contributed by atoms with Gasteiger partial charge in [0.2, 0.25) is 5.71 Å². The SMILES string of the molecule is O=C(O)/C(=N\O)c1cn2ccsc2n1. The number of carboxylic acid groups (broad SMARTS) is 1. The van der Waals surface area contributed by atoms with E-state index in [9.17, 15) is 4.79 Å². The number of rotatable bonds is 2. The van der Waals surface area contributed by atoms with Gasteiger partial charge in [0.05, 0.1) is 0 Å². The van der Waals surface area contributed by atoms with E-state index in [1.54, 1.807) is 10.6 Å². The minimum atomic E-state index is -1.31. The number of carbonyl (C=O) groups is 1. The summed E-state index contributed by atoms with van der Waals surface area (Å²) in [7, 11) is 0. The predicted molar refractivity (Wildman–Crippen MR) is 49.0 cm³/mol. The summed E-state index contributed by atoms with van der Waals surface area (Å²) in [5.41, 5.74) is -0.312. The molecule has 6 nitrogen and oxygen atoms in total. The van der Waals surface area contributed by atoms with Crippen LogP contribution in [0.2, 0.25) is 0 Å². The average Bonchev–Trinajstić information content (AvgIpc) is 2.63. The first kappa shape index (κ1) is 8.70. The van der Waals surface area contributed by atoms with Crippen molar-refractivity contribution in [1.29, 1.82) is 0 Å². The molecule has 0 atom stereocenters. The quantitative estimate of drug-likeness (QED) is 0.434. The second-order valence-corrected chi connectivity index (χ2v) is 3.35. The molecular weight excluding hydrogens is 206 g/mol. The van der Waals surface area contributed by atoms with Crippen molar-refractivity contribution in [3.63, 3.8) is 0 Å². The van der Waals surface area contributed by atoms with Crippen LogP contribution in [0.4, 0.5) is 0 Å². The molecule has 0 aliphatic heterocycles. The number of aliphatic carboxylic acids is 1. The van der Waals surface area contributed by atoms with Gasteiger partial charge >= 0.3 is 5.97 Å². The summed E-state index contributed by atoms with van der Waals surface area (Å²) >= 11 is 1.37. The Kier molecular flexibility index (Phi) is 1.93. The third-order valence-electron chi connectivity index (χ3n) is 1.64. The van der Waals surface area contributed by atoms with E-state index >= 15 is 0 Å². The first-order valence-corrected chi connectivity index (χ1v) is 4.48. The molecule has 0 radical (unpaired) electrons. The number of oxime groups is 1. The minimum Gasteiger partial charge on any atom is -0.476 e. The van der Waals surface area contributed by atoms with Gasteiger partial charge in [0.25, 0.3) is 0 Å². The van der Waals surface area contributed by atoms with Gasteiger partial charge in [0, 0.05) is 17.8 Å². The molecule has 0 fully saturated rings. The van der Waals surface area contributed by atoms with E-state index in [1.165, 1.54) is 17.5 Å². The molecule has 0 saturated heterocycles. The topological polar surface area (TPSA) is 87.2 Å². The first-order chi connectivity index (χ1) is 6.72. The molecule has 2 aromatic heterocycles. The Morgan fingerprint density at radius 1 is 1.64 bits per heavy atom. The van der Waals surface area contributed by atoms with Crippen LogP contribution < -0.4 is 0 Å². The zero-order valence-electron chi connectivity index (χ0n) is 6.78. The lowest BCUT2D eigenvalue weighted by Crippen LogP contribution is -2.14. The summed E-state index contributed by atoms with van der Waals surface area (Å²) in [5, 5.41) is 21.6.